The van der Waals surface area contributed by atoms with Crippen LogP contribution in [0.25, 0.3) is 22.3 Å². The molecule has 1 amide bonds. The lowest BCUT2D eigenvalue weighted by atomic mass is 9.80. The van der Waals surface area contributed by atoms with Gasteiger partial charge in [0.25, 0.3) is 0 Å². The van der Waals surface area contributed by atoms with E-state index in [9.17, 15) is 4.79 Å². The molecule has 0 fully saturated rings. The van der Waals surface area contributed by atoms with Crippen LogP contribution in [-0.4, -0.2) is 31.3 Å². The standard InChI is InChI=1S/C47H72N6O/c1-10-33(19-15-12-13-18-30-52-45(50)51)39-28-26-37(46(3,4)5)31-40(39)35-22-24-36(25-23-35)41-32-38(47(6,7)8)27-29-42(41)53(9)43(54)21-17-14-16-20-34(11-2)44(48)49/h22-29,31-34H,10-21,30H2,1-9H3,(H3,48,49)(H4,50,51,52). The predicted molar refractivity (Wildman–Crippen MR) is 234 cm³/mol. The van der Waals surface area contributed by atoms with Crippen LogP contribution in [0.5, 0.6) is 0 Å². The maximum absolute atomic E-state index is 13.6. The normalized spacial score (nSPS) is 13.0. The van der Waals surface area contributed by atoms with Crippen molar-refractivity contribution in [3.63, 3.8) is 0 Å². The summed E-state index contributed by atoms with van der Waals surface area (Å²) in [5.74, 6) is 1.19. The van der Waals surface area contributed by atoms with E-state index in [1.54, 1.807) is 0 Å². The van der Waals surface area contributed by atoms with Gasteiger partial charge in [-0.2, -0.15) is 0 Å². The van der Waals surface area contributed by atoms with E-state index in [0.29, 0.717) is 18.9 Å². The van der Waals surface area contributed by atoms with E-state index in [0.717, 1.165) is 74.6 Å². The zero-order valence-corrected chi connectivity index (χ0v) is 35.2. The number of nitrogens with one attached hydrogen (secondary N) is 1. The highest BCUT2D eigenvalue weighted by atomic mass is 16.2. The van der Waals surface area contributed by atoms with Crippen LogP contribution >= 0.6 is 0 Å². The average molecular weight is 737 g/mol. The van der Waals surface area contributed by atoms with Gasteiger partial charge in [-0.25, -0.2) is 0 Å². The molecule has 3 rings (SSSR count). The molecule has 3 aromatic rings. The van der Waals surface area contributed by atoms with Crippen LogP contribution in [0.15, 0.2) is 65.7 Å². The Kier molecular flexibility index (Phi) is 16.8. The molecule has 7 N–H and O–H groups in total. The first-order valence-corrected chi connectivity index (χ1v) is 20.5. The van der Waals surface area contributed by atoms with Crippen molar-refractivity contribution in [3.05, 3.63) is 77.4 Å². The van der Waals surface area contributed by atoms with Gasteiger partial charge in [0.15, 0.2) is 5.96 Å². The number of guanidine groups is 1. The smallest absolute Gasteiger partial charge is 0.226 e. The van der Waals surface area contributed by atoms with Crippen molar-refractivity contribution in [1.82, 2.24) is 0 Å². The fraction of sp³-hybridized carbons (Fsp3) is 0.553. The number of amidine groups is 1. The minimum absolute atomic E-state index is 0.0319. The van der Waals surface area contributed by atoms with Crippen molar-refractivity contribution >= 4 is 23.4 Å². The molecule has 0 aliphatic heterocycles. The molecule has 0 heterocycles. The highest BCUT2D eigenvalue weighted by molar-refractivity contribution is 5.97. The van der Waals surface area contributed by atoms with Crippen molar-refractivity contribution in [1.29, 1.82) is 5.41 Å². The monoisotopic (exact) mass is 737 g/mol. The summed E-state index contributed by atoms with van der Waals surface area (Å²) in [7, 11) is 1.91. The number of rotatable bonds is 20. The molecule has 0 bridgehead atoms. The number of amides is 1. The summed E-state index contributed by atoms with van der Waals surface area (Å²) < 4.78 is 0. The quantitative estimate of drug-likeness (QED) is 0.0521. The maximum Gasteiger partial charge on any atom is 0.226 e. The number of hydrogen-bond donors (Lipinski definition) is 4. The number of aliphatic imine (C=N–C) groups is 1. The molecule has 54 heavy (non-hydrogen) atoms. The van der Waals surface area contributed by atoms with Crippen LogP contribution in [0.4, 0.5) is 5.69 Å². The highest BCUT2D eigenvalue weighted by Crippen LogP contribution is 2.40. The Bertz CT molecular complexity index is 1670. The van der Waals surface area contributed by atoms with Crippen molar-refractivity contribution in [3.8, 4) is 22.3 Å². The Morgan fingerprint density at radius 2 is 1.24 bits per heavy atom. The van der Waals surface area contributed by atoms with Crippen molar-refractivity contribution in [2.75, 3.05) is 18.5 Å². The Morgan fingerprint density at radius 1 is 0.704 bits per heavy atom. The van der Waals surface area contributed by atoms with Gasteiger partial charge in [0.2, 0.25) is 5.91 Å². The second-order valence-electron chi connectivity index (χ2n) is 17.3. The van der Waals surface area contributed by atoms with Crippen LogP contribution in [-0.2, 0) is 15.6 Å². The zero-order chi connectivity index (χ0) is 40.1. The van der Waals surface area contributed by atoms with Gasteiger partial charge in [-0.1, -0.05) is 136 Å². The van der Waals surface area contributed by atoms with Gasteiger partial charge >= 0.3 is 0 Å². The van der Waals surface area contributed by atoms with E-state index in [-0.39, 0.29) is 34.5 Å². The summed E-state index contributed by atoms with van der Waals surface area (Å²) in [4.78, 5) is 19.5. The molecule has 0 radical (unpaired) electrons. The first kappa shape index (κ1) is 44.3. The van der Waals surface area contributed by atoms with E-state index in [4.69, 9.17) is 22.6 Å². The fourth-order valence-corrected chi connectivity index (χ4v) is 7.35. The summed E-state index contributed by atoms with van der Waals surface area (Å²) in [6, 6.07) is 22.7. The number of carbonyl (C=O) groups is 1. The lowest BCUT2D eigenvalue weighted by Gasteiger charge is -2.26. The number of nitrogens with zero attached hydrogens (tertiary/aromatic N) is 2. The fourth-order valence-electron chi connectivity index (χ4n) is 7.35. The molecular weight excluding hydrogens is 665 g/mol. The number of benzene rings is 3. The van der Waals surface area contributed by atoms with E-state index in [1.807, 2.05) is 11.9 Å². The number of anilines is 1. The van der Waals surface area contributed by atoms with Gasteiger partial charge in [-0.3, -0.25) is 15.2 Å². The minimum Gasteiger partial charge on any atom is -0.387 e. The number of hydrogen-bond acceptors (Lipinski definition) is 3. The van der Waals surface area contributed by atoms with Crippen LogP contribution in [0, 0.1) is 11.3 Å². The highest BCUT2D eigenvalue weighted by Gasteiger charge is 2.23. The third-order valence-electron chi connectivity index (χ3n) is 11.1. The van der Waals surface area contributed by atoms with Gasteiger partial charge in [0, 0.05) is 31.5 Å². The average Bonchev–Trinajstić information content (AvgIpc) is 3.12. The molecule has 0 aliphatic rings. The first-order valence-electron chi connectivity index (χ1n) is 20.5. The van der Waals surface area contributed by atoms with Gasteiger partial charge in [-0.05, 0) is 101 Å². The molecule has 0 aliphatic carbocycles. The van der Waals surface area contributed by atoms with E-state index in [1.165, 1.54) is 40.7 Å². The van der Waals surface area contributed by atoms with Crippen molar-refractivity contribution < 1.29 is 4.79 Å². The Balaban J connectivity index is 1.90. The van der Waals surface area contributed by atoms with Gasteiger partial charge < -0.3 is 22.1 Å². The third-order valence-corrected chi connectivity index (χ3v) is 11.1. The van der Waals surface area contributed by atoms with Gasteiger partial charge in [0.1, 0.15) is 0 Å². The van der Waals surface area contributed by atoms with E-state index >= 15 is 0 Å². The molecule has 2 atom stereocenters. The lowest BCUT2D eigenvalue weighted by Crippen LogP contribution is -2.26. The van der Waals surface area contributed by atoms with Crippen LogP contribution in [0.1, 0.15) is 155 Å². The van der Waals surface area contributed by atoms with Crippen molar-refractivity contribution in [2.45, 2.75) is 149 Å². The van der Waals surface area contributed by atoms with Gasteiger partial charge in [-0.15, -0.1) is 0 Å². The Morgan fingerprint density at radius 3 is 1.80 bits per heavy atom. The lowest BCUT2D eigenvalue weighted by molar-refractivity contribution is -0.118. The summed E-state index contributed by atoms with van der Waals surface area (Å²) in [6.45, 7) is 18.6. The zero-order valence-electron chi connectivity index (χ0n) is 35.2. The summed E-state index contributed by atoms with van der Waals surface area (Å²) >= 11 is 0. The SMILES string of the molecule is CCC(CCCCCC(=O)N(C)c1ccc(C(C)(C)C)cc1-c1ccc(-c2cc(C(C)(C)C)ccc2C(CC)CCCCCCN=C(N)N)cc1)C(=N)N. The molecule has 0 aromatic heterocycles. The van der Waals surface area contributed by atoms with E-state index < -0.39 is 0 Å². The Labute approximate surface area is 328 Å². The number of carbonyl (C=O) groups excluding carboxylic acids is 1. The van der Waals surface area contributed by atoms with E-state index in [2.05, 4.69) is 121 Å². The van der Waals surface area contributed by atoms with Gasteiger partial charge in [0.05, 0.1) is 11.5 Å². The molecule has 0 saturated heterocycles. The Hall–Kier alpha value is -4.13. The predicted octanol–water partition coefficient (Wildman–Crippen LogP) is 11.2. The second-order valence-corrected chi connectivity index (χ2v) is 17.3. The van der Waals surface area contributed by atoms with Crippen LogP contribution in [0.3, 0.4) is 0 Å². The van der Waals surface area contributed by atoms with Crippen LogP contribution < -0.4 is 22.1 Å². The molecule has 296 valence electrons. The van der Waals surface area contributed by atoms with Crippen molar-refractivity contribution in [2.24, 2.45) is 28.1 Å². The first-order chi connectivity index (χ1) is 25.5. The maximum atomic E-state index is 13.6. The third kappa shape index (κ3) is 13.0. The largest absolute Gasteiger partial charge is 0.387 e. The number of unbranched alkanes of at least 4 members (excludes halogenated alkanes) is 5. The van der Waals surface area contributed by atoms with Crippen LogP contribution in [0.2, 0.25) is 0 Å². The second kappa shape index (κ2) is 20.5. The summed E-state index contributed by atoms with van der Waals surface area (Å²) in [5, 5.41) is 7.78. The molecule has 7 heteroatoms. The topological polar surface area (TPSA) is 135 Å². The molecule has 0 saturated carbocycles. The molecule has 2 unspecified atom stereocenters. The molecule has 0 spiro atoms. The minimum atomic E-state index is -0.0319. The molecule has 3 aromatic carbocycles. The molecule has 7 nitrogen and oxygen atoms in total. The molecular formula is C47H72N6O. The summed E-state index contributed by atoms with van der Waals surface area (Å²) in [6.07, 6.45) is 11.8. The number of nitrogens with two attached hydrogens (primary N) is 3. The summed E-state index contributed by atoms with van der Waals surface area (Å²) in [5.41, 5.74) is 26.4.